The van der Waals surface area contributed by atoms with Gasteiger partial charge in [0.25, 0.3) is 0 Å². The molecule has 1 aliphatic rings. The molecule has 10 rings (SSSR count). The van der Waals surface area contributed by atoms with Crippen LogP contribution in [0.5, 0.6) is 0 Å². The first-order valence-electron chi connectivity index (χ1n) is 19.3. The van der Waals surface area contributed by atoms with E-state index in [0.717, 1.165) is 44.6 Å². The van der Waals surface area contributed by atoms with E-state index in [1.807, 2.05) is 6.07 Å². The second-order valence-electron chi connectivity index (χ2n) is 16.6. The molecule has 0 saturated heterocycles. The molecular weight excluding hydrogens is 667 g/mol. The highest BCUT2D eigenvalue weighted by molar-refractivity contribution is 6.11. The Morgan fingerprint density at radius 2 is 1.18 bits per heavy atom. The Labute approximate surface area is 323 Å². The number of anilines is 3. The van der Waals surface area contributed by atoms with Gasteiger partial charge in [-0.25, -0.2) is 0 Å². The number of hydrogen-bond donors (Lipinski definition) is 0. The maximum Gasteiger partial charge on any atom is 0.159 e. The number of hydrogen-bond acceptors (Lipinski definition) is 2. The Kier molecular flexibility index (Phi) is 7.44. The number of benzene rings is 8. The van der Waals surface area contributed by atoms with Gasteiger partial charge in [-0.1, -0.05) is 168 Å². The maximum absolute atomic E-state index is 6.76. The summed E-state index contributed by atoms with van der Waals surface area (Å²) in [5, 5.41) is 4.69. The van der Waals surface area contributed by atoms with Crippen molar-refractivity contribution in [2.75, 3.05) is 4.90 Å². The molecule has 0 fully saturated rings. The van der Waals surface area contributed by atoms with Crippen molar-refractivity contribution < 1.29 is 4.42 Å². The van der Waals surface area contributed by atoms with Crippen LogP contribution in [0.2, 0.25) is 0 Å². The van der Waals surface area contributed by atoms with E-state index >= 15 is 0 Å². The summed E-state index contributed by atoms with van der Waals surface area (Å²) in [4.78, 5) is 2.41. The Morgan fingerprint density at radius 1 is 0.491 bits per heavy atom. The molecule has 2 heteroatoms. The van der Waals surface area contributed by atoms with Crippen LogP contribution in [0.4, 0.5) is 17.1 Å². The molecule has 0 spiro atoms. The van der Waals surface area contributed by atoms with Gasteiger partial charge in [0.2, 0.25) is 0 Å². The average Bonchev–Trinajstić information content (AvgIpc) is 3.70. The molecular formula is C53H43NO. The third-order valence-electron chi connectivity index (χ3n) is 11.8. The molecule has 55 heavy (non-hydrogen) atoms. The van der Waals surface area contributed by atoms with Crippen molar-refractivity contribution in [1.29, 1.82) is 0 Å². The smallest absolute Gasteiger partial charge is 0.159 e. The molecule has 266 valence electrons. The van der Waals surface area contributed by atoms with Crippen LogP contribution in [0.25, 0.3) is 66.1 Å². The number of nitrogens with zero attached hydrogens (tertiary/aromatic N) is 1. The van der Waals surface area contributed by atoms with Gasteiger partial charge in [-0.05, 0) is 97.1 Å². The molecule has 0 amide bonds. The SMILES string of the molecule is CC(C)(C)c1ccc2c(c1)C(C)(C)c1cccc(-c3ccccc3N(c3cccc(-c4ccc5ccccc5c4)c3)c3cccc4c3oc3ccccc34)c1-2. The predicted octanol–water partition coefficient (Wildman–Crippen LogP) is 15.1. The monoisotopic (exact) mass is 709 g/mol. The lowest BCUT2D eigenvalue weighted by Gasteiger charge is -2.29. The molecule has 0 atom stereocenters. The molecule has 0 N–H and O–H groups in total. The maximum atomic E-state index is 6.76. The Morgan fingerprint density at radius 3 is 2.05 bits per heavy atom. The zero-order valence-electron chi connectivity index (χ0n) is 32.0. The van der Waals surface area contributed by atoms with Crippen LogP contribution >= 0.6 is 0 Å². The number of rotatable bonds is 5. The lowest BCUT2D eigenvalue weighted by molar-refractivity contribution is 0.584. The van der Waals surface area contributed by atoms with E-state index in [0.29, 0.717) is 0 Å². The van der Waals surface area contributed by atoms with Crippen molar-refractivity contribution in [3.8, 4) is 33.4 Å². The van der Waals surface area contributed by atoms with Gasteiger partial charge in [-0.15, -0.1) is 0 Å². The van der Waals surface area contributed by atoms with Gasteiger partial charge >= 0.3 is 0 Å². The number of fused-ring (bicyclic) bond motifs is 7. The van der Waals surface area contributed by atoms with Gasteiger partial charge < -0.3 is 9.32 Å². The molecule has 0 saturated carbocycles. The second-order valence-corrected chi connectivity index (χ2v) is 16.6. The van der Waals surface area contributed by atoms with E-state index in [1.165, 1.54) is 55.3 Å². The van der Waals surface area contributed by atoms with Crippen LogP contribution in [-0.2, 0) is 10.8 Å². The number of furan rings is 1. The minimum Gasteiger partial charge on any atom is -0.454 e. The van der Waals surface area contributed by atoms with Gasteiger partial charge in [-0.2, -0.15) is 0 Å². The number of para-hydroxylation sites is 3. The van der Waals surface area contributed by atoms with Gasteiger partial charge in [0.15, 0.2) is 5.58 Å². The molecule has 2 nitrogen and oxygen atoms in total. The van der Waals surface area contributed by atoms with E-state index in [-0.39, 0.29) is 10.8 Å². The zero-order valence-corrected chi connectivity index (χ0v) is 32.0. The van der Waals surface area contributed by atoms with E-state index in [2.05, 4.69) is 203 Å². The van der Waals surface area contributed by atoms with Crippen molar-refractivity contribution in [2.24, 2.45) is 0 Å². The average molecular weight is 710 g/mol. The Bertz CT molecular complexity index is 2950. The molecule has 8 aromatic carbocycles. The van der Waals surface area contributed by atoms with Crippen molar-refractivity contribution in [3.05, 3.63) is 187 Å². The van der Waals surface area contributed by atoms with Gasteiger partial charge in [-0.3, -0.25) is 0 Å². The van der Waals surface area contributed by atoms with E-state index < -0.39 is 0 Å². The topological polar surface area (TPSA) is 16.4 Å². The molecule has 0 bridgehead atoms. The summed E-state index contributed by atoms with van der Waals surface area (Å²) in [6, 6.07) is 62.1. The normalized spacial score (nSPS) is 13.3. The highest BCUT2D eigenvalue weighted by Crippen LogP contribution is 2.55. The summed E-state index contributed by atoms with van der Waals surface area (Å²) in [5.74, 6) is 0. The summed E-state index contributed by atoms with van der Waals surface area (Å²) in [7, 11) is 0. The fourth-order valence-corrected chi connectivity index (χ4v) is 8.88. The van der Waals surface area contributed by atoms with E-state index in [9.17, 15) is 0 Å². The van der Waals surface area contributed by atoms with Crippen molar-refractivity contribution in [1.82, 2.24) is 0 Å². The minimum atomic E-state index is -0.134. The predicted molar refractivity (Wildman–Crippen MR) is 233 cm³/mol. The van der Waals surface area contributed by atoms with Gasteiger partial charge in [0.05, 0.1) is 11.4 Å². The van der Waals surface area contributed by atoms with Gasteiger partial charge in [0.1, 0.15) is 5.58 Å². The quantitative estimate of drug-likeness (QED) is 0.177. The molecule has 1 aliphatic carbocycles. The molecule has 0 unspecified atom stereocenters. The summed E-state index contributed by atoms with van der Waals surface area (Å²) in [6.07, 6.45) is 0. The lowest BCUT2D eigenvalue weighted by Crippen LogP contribution is -2.17. The first-order valence-corrected chi connectivity index (χ1v) is 19.3. The van der Waals surface area contributed by atoms with Crippen LogP contribution in [0.15, 0.2) is 174 Å². The highest BCUT2D eigenvalue weighted by Gasteiger charge is 2.38. The van der Waals surface area contributed by atoms with Crippen LogP contribution in [0, 0.1) is 0 Å². The Hall–Kier alpha value is -6.38. The fraction of sp³-hybridized carbons (Fsp3) is 0.132. The third-order valence-corrected chi connectivity index (χ3v) is 11.8. The molecule has 1 aromatic heterocycles. The zero-order chi connectivity index (χ0) is 37.5. The van der Waals surface area contributed by atoms with Crippen LogP contribution in [-0.4, -0.2) is 0 Å². The summed E-state index contributed by atoms with van der Waals surface area (Å²) >= 11 is 0. The summed E-state index contributed by atoms with van der Waals surface area (Å²) in [6.45, 7) is 11.7. The van der Waals surface area contributed by atoms with Crippen LogP contribution < -0.4 is 4.90 Å². The van der Waals surface area contributed by atoms with Crippen molar-refractivity contribution in [3.63, 3.8) is 0 Å². The summed E-state index contributed by atoms with van der Waals surface area (Å²) in [5.41, 5.74) is 16.4. The second kappa shape index (κ2) is 12.3. The van der Waals surface area contributed by atoms with Gasteiger partial charge in [0, 0.05) is 27.4 Å². The fourth-order valence-electron chi connectivity index (χ4n) is 8.88. The minimum absolute atomic E-state index is 0.0644. The lowest BCUT2D eigenvalue weighted by atomic mass is 9.79. The van der Waals surface area contributed by atoms with Crippen LogP contribution in [0.3, 0.4) is 0 Å². The van der Waals surface area contributed by atoms with E-state index in [1.54, 1.807) is 0 Å². The molecule has 0 radical (unpaired) electrons. The Balaban J connectivity index is 1.22. The van der Waals surface area contributed by atoms with E-state index in [4.69, 9.17) is 4.42 Å². The summed E-state index contributed by atoms with van der Waals surface area (Å²) < 4.78 is 6.76. The highest BCUT2D eigenvalue weighted by atomic mass is 16.3. The van der Waals surface area contributed by atoms with Crippen LogP contribution in [0.1, 0.15) is 51.3 Å². The molecule has 9 aromatic rings. The first kappa shape index (κ1) is 33.2. The third kappa shape index (κ3) is 5.31. The first-order chi connectivity index (χ1) is 26.7. The molecule has 0 aliphatic heterocycles. The largest absolute Gasteiger partial charge is 0.454 e. The van der Waals surface area contributed by atoms with Crippen molar-refractivity contribution >= 4 is 49.8 Å². The molecule has 1 heterocycles. The van der Waals surface area contributed by atoms with Crippen molar-refractivity contribution in [2.45, 2.75) is 45.4 Å². The standard InChI is InChI=1S/C53H43NO/c1-52(2,3)38-29-30-44-46(33-38)53(4,5)45-23-13-21-42(50(44)45)40-19-8-10-24-47(40)54(48-25-14-22-43-41-20-9-11-26-49(41)55-51(43)48)39-18-12-17-36(32-39)37-28-27-34-15-6-7-16-35(34)31-37/h6-33H,1-5H3.